The van der Waals surface area contributed by atoms with Gasteiger partial charge in [-0.15, -0.1) is 0 Å². The first-order valence-corrected chi connectivity index (χ1v) is 13.4. The number of benzene rings is 1. The van der Waals surface area contributed by atoms with Gasteiger partial charge in [0.2, 0.25) is 5.43 Å². The number of hydrogen-bond acceptors (Lipinski definition) is 8. The fourth-order valence-electron chi connectivity index (χ4n) is 4.28. The molecule has 1 aliphatic rings. The second-order valence-electron chi connectivity index (χ2n) is 10.7. The van der Waals surface area contributed by atoms with Gasteiger partial charge in [0.05, 0.1) is 19.0 Å². The van der Waals surface area contributed by atoms with E-state index in [9.17, 15) is 14.4 Å². The summed E-state index contributed by atoms with van der Waals surface area (Å²) in [7, 11) is 1.81. The number of nitrogens with one attached hydrogen (secondary N) is 1. The van der Waals surface area contributed by atoms with E-state index in [0.29, 0.717) is 37.3 Å². The Kier molecular flexibility index (Phi) is 9.20. The standard InChI is InChI=1S/C28H37N7O5/c1-28(2,3)40-27(38)34-14-12-33(13-15-34)10-6-16-39-26(37)30-22-8-5-7-21(17-22)18-24-25(36)9-11-35(31-24)23-19-29-32(4)20-23/h5,7-9,11,17,19-20H,6,10,12-16,18H2,1-4H3,(H,30,37). The maximum atomic E-state index is 12.4. The van der Waals surface area contributed by atoms with Crippen molar-refractivity contribution in [3.8, 4) is 5.69 Å². The van der Waals surface area contributed by atoms with Gasteiger partial charge < -0.3 is 14.4 Å². The van der Waals surface area contributed by atoms with Crippen LogP contribution in [0.1, 0.15) is 38.4 Å². The monoisotopic (exact) mass is 551 g/mol. The number of amides is 2. The summed E-state index contributed by atoms with van der Waals surface area (Å²) in [4.78, 5) is 40.9. The Labute approximate surface area is 233 Å². The molecule has 214 valence electrons. The third-order valence-electron chi connectivity index (χ3n) is 6.26. The van der Waals surface area contributed by atoms with E-state index in [1.165, 1.54) is 6.07 Å². The molecule has 0 spiro atoms. The van der Waals surface area contributed by atoms with Crippen LogP contribution in [0.25, 0.3) is 5.69 Å². The van der Waals surface area contributed by atoms with Gasteiger partial charge in [-0.2, -0.15) is 10.2 Å². The summed E-state index contributed by atoms with van der Waals surface area (Å²) in [6.07, 6.45) is 5.27. The van der Waals surface area contributed by atoms with E-state index in [-0.39, 0.29) is 18.1 Å². The van der Waals surface area contributed by atoms with E-state index >= 15 is 0 Å². The summed E-state index contributed by atoms with van der Waals surface area (Å²) in [6.45, 7) is 9.36. The highest BCUT2D eigenvalue weighted by atomic mass is 16.6. The molecule has 0 bridgehead atoms. The number of carbonyl (C=O) groups excluding carboxylic acids is 2. The van der Waals surface area contributed by atoms with Crippen molar-refractivity contribution < 1.29 is 19.1 Å². The van der Waals surface area contributed by atoms with E-state index in [2.05, 4.69) is 20.4 Å². The van der Waals surface area contributed by atoms with Crippen LogP contribution < -0.4 is 10.7 Å². The van der Waals surface area contributed by atoms with Gasteiger partial charge in [0.25, 0.3) is 0 Å². The van der Waals surface area contributed by atoms with E-state index in [1.807, 2.05) is 46.1 Å². The predicted octanol–water partition coefficient (Wildman–Crippen LogP) is 3.05. The molecule has 1 N–H and O–H groups in total. The van der Waals surface area contributed by atoms with Gasteiger partial charge >= 0.3 is 12.2 Å². The van der Waals surface area contributed by atoms with Crippen LogP contribution >= 0.6 is 0 Å². The van der Waals surface area contributed by atoms with Crippen molar-refractivity contribution in [2.75, 3.05) is 44.6 Å². The first-order chi connectivity index (χ1) is 19.1. The fourth-order valence-corrected chi connectivity index (χ4v) is 4.28. The van der Waals surface area contributed by atoms with Crippen LogP contribution in [-0.2, 0) is 22.9 Å². The number of carbonyl (C=O) groups is 2. The molecule has 4 rings (SSSR count). The molecule has 40 heavy (non-hydrogen) atoms. The molecule has 1 aliphatic heterocycles. The van der Waals surface area contributed by atoms with Crippen molar-refractivity contribution >= 4 is 17.9 Å². The molecule has 0 unspecified atom stereocenters. The summed E-state index contributed by atoms with van der Waals surface area (Å²) in [5.41, 5.74) is 1.88. The number of anilines is 1. The number of aromatic nitrogens is 4. The van der Waals surface area contributed by atoms with Crippen LogP contribution in [0, 0.1) is 0 Å². The van der Waals surface area contributed by atoms with Crippen molar-refractivity contribution in [3.63, 3.8) is 0 Å². The fraction of sp³-hybridized carbons (Fsp3) is 0.464. The first kappa shape index (κ1) is 28.8. The van der Waals surface area contributed by atoms with E-state index in [0.717, 1.165) is 30.9 Å². The van der Waals surface area contributed by atoms with Crippen LogP contribution in [0.5, 0.6) is 0 Å². The molecule has 12 heteroatoms. The van der Waals surface area contributed by atoms with Gasteiger partial charge in [0, 0.05) is 64.1 Å². The van der Waals surface area contributed by atoms with Crippen molar-refractivity contribution in [1.29, 1.82) is 0 Å². The number of nitrogens with zero attached hydrogens (tertiary/aromatic N) is 6. The smallest absolute Gasteiger partial charge is 0.411 e. The van der Waals surface area contributed by atoms with Crippen LogP contribution in [0.2, 0.25) is 0 Å². The Morgan fingerprint density at radius 1 is 1.10 bits per heavy atom. The van der Waals surface area contributed by atoms with Crippen molar-refractivity contribution in [3.05, 3.63) is 70.4 Å². The van der Waals surface area contributed by atoms with Gasteiger partial charge in [0.1, 0.15) is 17.0 Å². The molecule has 12 nitrogen and oxygen atoms in total. The molecule has 0 aliphatic carbocycles. The lowest BCUT2D eigenvalue weighted by molar-refractivity contribution is 0.0140. The molecule has 0 atom stereocenters. The number of rotatable bonds is 8. The highest BCUT2D eigenvalue weighted by Gasteiger charge is 2.25. The largest absolute Gasteiger partial charge is 0.449 e. The van der Waals surface area contributed by atoms with Crippen molar-refractivity contribution in [1.82, 2.24) is 29.4 Å². The Balaban J connectivity index is 1.20. The van der Waals surface area contributed by atoms with Gasteiger partial charge in [-0.3, -0.25) is 19.7 Å². The lowest BCUT2D eigenvalue weighted by atomic mass is 10.1. The minimum Gasteiger partial charge on any atom is -0.449 e. The SMILES string of the molecule is Cn1cc(-n2ccc(=O)c(Cc3cccc(NC(=O)OCCCN4CCN(C(=O)OC(C)(C)C)CC4)c3)n2)cn1. The van der Waals surface area contributed by atoms with Gasteiger partial charge in [-0.25, -0.2) is 14.3 Å². The van der Waals surface area contributed by atoms with Crippen LogP contribution in [-0.4, -0.2) is 86.5 Å². The summed E-state index contributed by atoms with van der Waals surface area (Å²) >= 11 is 0. The molecule has 3 heterocycles. The lowest BCUT2D eigenvalue weighted by Gasteiger charge is -2.35. The normalized spacial score (nSPS) is 14.2. The average molecular weight is 552 g/mol. The minimum absolute atomic E-state index is 0.163. The van der Waals surface area contributed by atoms with Crippen molar-refractivity contribution in [2.24, 2.45) is 7.05 Å². The van der Waals surface area contributed by atoms with Crippen molar-refractivity contribution in [2.45, 2.75) is 39.2 Å². The number of piperazine rings is 1. The predicted molar refractivity (Wildman–Crippen MR) is 150 cm³/mol. The highest BCUT2D eigenvalue weighted by Crippen LogP contribution is 2.15. The zero-order valence-corrected chi connectivity index (χ0v) is 23.5. The van der Waals surface area contributed by atoms with Crippen LogP contribution in [0.4, 0.5) is 15.3 Å². The average Bonchev–Trinajstić information content (AvgIpc) is 3.34. The van der Waals surface area contributed by atoms with Gasteiger partial charge in [-0.05, 0) is 44.9 Å². The maximum Gasteiger partial charge on any atom is 0.411 e. The molecule has 3 aromatic rings. The molecule has 0 radical (unpaired) electrons. The Morgan fingerprint density at radius 3 is 2.58 bits per heavy atom. The molecular formula is C28H37N7O5. The van der Waals surface area contributed by atoms with E-state index in [1.54, 1.807) is 38.8 Å². The molecule has 2 aromatic heterocycles. The molecule has 1 saturated heterocycles. The molecule has 1 aromatic carbocycles. The maximum absolute atomic E-state index is 12.4. The lowest BCUT2D eigenvalue weighted by Crippen LogP contribution is -2.50. The minimum atomic E-state index is -0.538. The Bertz CT molecular complexity index is 1370. The zero-order chi connectivity index (χ0) is 28.7. The van der Waals surface area contributed by atoms with E-state index in [4.69, 9.17) is 9.47 Å². The third kappa shape index (κ3) is 8.40. The quantitative estimate of drug-likeness (QED) is 0.424. The highest BCUT2D eigenvalue weighted by molar-refractivity contribution is 5.84. The number of hydrogen-bond donors (Lipinski definition) is 1. The topological polar surface area (TPSA) is 124 Å². The van der Waals surface area contributed by atoms with Gasteiger partial charge in [0.15, 0.2) is 0 Å². The third-order valence-corrected chi connectivity index (χ3v) is 6.26. The second kappa shape index (κ2) is 12.8. The van der Waals surface area contributed by atoms with Crippen LogP contribution in [0.3, 0.4) is 0 Å². The molecule has 2 amide bonds. The summed E-state index contributed by atoms with van der Waals surface area (Å²) in [5, 5.41) is 11.4. The number of ether oxygens (including phenoxy) is 2. The summed E-state index contributed by atoms with van der Waals surface area (Å²) in [5.74, 6) is 0. The van der Waals surface area contributed by atoms with E-state index < -0.39 is 11.7 Å². The zero-order valence-electron chi connectivity index (χ0n) is 23.5. The summed E-state index contributed by atoms with van der Waals surface area (Å²) in [6, 6.07) is 8.73. The Morgan fingerprint density at radius 2 is 1.88 bits per heavy atom. The second-order valence-corrected chi connectivity index (χ2v) is 10.7. The number of aryl methyl sites for hydroxylation is 1. The first-order valence-electron chi connectivity index (χ1n) is 13.4. The van der Waals surface area contributed by atoms with Gasteiger partial charge in [-0.1, -0.05) is 12.1 Å². The molecule has 0 saturated carbocycles. The summed E-state index contributed by atoms with van der Waals surface area (Å²) < 4.78 is 14.1. The Hall–Kier alpha value is -4.19. The molecular weight excluding hydrogens is 514 g/mol. The molecule has 1 fully saturated rings. The van der Waals surface area contributed by atoms with Crippen LogP contribution in [0.15, 0.2) is 53.7 Å².